The second kappa shape index (κ2) is 5.69. The Hall–Kier alpha value is -0.120. The standard InChI is InChI=1S/C11H23NO2/c1-11(2,4-5-13)9-12-7-10-3-6-14-8-10/h10,12-13H,3-9H2,1-2H3. The molecule has 2 N–H and O–H groups in total. The Balaban J connectivity index is 2.07. The Kier molecular flexibility index (Phi) is 4.85. The summed E-state index contributed by atoms with van der Waals surface area (Å²) in [5.41, 5.74) is 0.203. The van der Waals surface area contributed by atoms with Gasteiger partial charge in [-0.25, -0.2) is 0 Å². The molecule has 0 amide bonds. The first-order valence-electron chi connectivity index (χ1n) is 5.53. The molecular weight excluding hydrogens is 178 g/mol. The first-order valence-corrected chi connectivity index (χ1v) is 5.53. The van der Waals surface area contributed by atoms with E-state index < -0.39 is 0 Å². The van der Waals surface area contributed by atoms with Crippen molar-refractivity contribution in [3.8, 4) is 0 Å². The van der Waals surface area contributed by atoms with Crippen molar-refractivity contribution in [2.24, 2.45) is 11.3 Å². The summed E-state index contributed by atoms with van der Waals surface area (Å²) in [5, 5.41) is 12.3. The summed E-state index contributed by atoms with van der Waals surface area (Å²) in [6.07, 6.45) is 2.05. The van der Waals surface area contributed by atoms with E-state index in [0.717, 1.165) is 32.7 Å². The molecule has 1 heterocycles. The highest BCUT2D eigenvalue weighted by molar-refractivity contribution is 4.73. The summed E-state index contributed by atoms with van der Waals surface area (Å²) in [5.74, 6) is 0.694. The molecule has 3 heteroatoms. The third-order valence-corrected chi connectivity index (χ3v) is 2.85. The third-order valence-electron chi connectivity index (χ3n) is 2.85. The zero-order valence-corrected chi connectivity index (χ0v) is 9.38. The first kappa shape index (κ1) is 12.0. The average molecular weight is 201 g/mol. The summed E-state index contributed by atoms with van der Waals surface area (Å²) in [4.78, 5) is 0. The van der Waals surface area contributed by atoms with Crippen molar-refractivity contribution in [3.63, 3.8) is 0 Å². The number of nitrogens with one attached hydrogen (secondary N) is 1. The van der Waals surface area contributed by atoms with E-state index in [1.54, 1.807) is 0 Å². The van der Waals surface area contributed by atoms with Crippen LogP contribution in [0.3, 0.4) is 0 Å². The highest BCUT2D eigenvalue weighted by Gasteiger charge is 2.19. The van der Waals surface area contributed by atoms with E-state index in [0.29, 0.717) is 5.92 Å². The quantitative estimate of drug-likeness (QED) is 0.674. The van der Waals surface area contributed by atoms with E-state index in [4.69, 9.17) is 9.84 Å². The minimum absolute atomic E-state index is 0.203. The lowest BCUT2D eigenvalue weighted by Gasteiger charge is -2.24. The van der Waals surface area contributed by atoms with Gasteiger partial charge in [-0.3, -0.25) is 0 Å². The van der Waals surface area contributed by atoms with Gasteiger partial charge in [0.15, 0.2) is 0 Å². The Morgan fingerprint density at radius 2 is 2.29 bits per heavy atom. The Morgan fingerprint density at radius 3 is 2.86 bits per heavy atom. The van der Waals surface area contributed by atoms with Crippen LogP contribution in [0.4, 0.5) is 0 Å². The topological polar surface area (TPSA) is 41.5 Å². The highest BCUT2D eigenvalue weighted by Crippen LogP contribution is 2.18. The third kappa shape index (κ3) is 4.40. The predicted octanol–water partition coefficient (Wildman–Crippen LogP) is 1.02. The molecule has 84 valence electrons. The van der Waals surface area contributed by atoms with Crippen LogP contribution in [0.2, 0.25) is 0 Å². The van der Waals surface area contributed by atoms with E-state index in [2.05, 4.69) is 19.2 Å². The molecule has 0 aromatic rings. The molecule has 0 saturated carbocycles. The van der Waals surface area contributed by atoms with Crippen LogP contribution in [0.5, 0.6) is 0 Å². The Morgan fingerprint density at radius 1 is 1.50 bits per heavy atom. The lowest BCUT2D eigenvalue weighted by atomic mass is 9.89. The van der Waals surface area contributed by atoms with Crippen molar-refractivity contribution in [1.82, 2.24) is 5.32 Å². The van der Waals surface area contributed by atoms with Gasteiger partial charge in [0, 0.05) is 26.3 Å². The summed E-state index contributed by atoms with van der Waals surface area (Å²) in [7, 11) is 0. The van der Waals surface area contributed by atoms with E-state index in [1.165, 1.54) is 6.42 Å². The summed E-state index contributed by atoms with van der Waals surface area (Å²) < 4.78 is 5.31. The van der Waals surface area contributed by atoms with E-state index in [-0.39, 0.29) is 12.0 Å². The molecule has 0 radical (unpaired) electrons. The summed E-state index contributed by atoms with van der Waals surface area (Å²) in [6, 6.07) is 0. The van der Waals surface area contributed by atoms with Gasteiger partial charge in [-0.1, -0.05) is 13.8 Å². The maximum Gasteiger partial charge on any atom is 0.0507 e. The van der Waals surface area contributed by atoms with Gasteiger partial charge in [0.2, 0.25) is 0 Å². The summed E-state index contributed by atoms with van der Waals surface area (Å²) in [6.45, 7) is 8.50. The zero-order valence-electron chi connectivity index (χ0n) is 9.38. The zero-order chi connectivity index (χ0) is 10.4. The molecular formula is C11H23NO2. The normalized spacial score (nSPS) is 22.9. The molecule has 1 fully saturated rings. The SMILES string of the molecule is CC(C)(CCO)CNCC1CCOC1. The number of aliphatic hydroxyl groups is 1. The number of ether oxygens (including phenoxy) is 1. The van der Waals surface area contributed by atoms with Crippen LogP contribution in [-0.2, 0) is 4.74 Å². The number of rotatable bonds is 6. The fraction of sp³-hybridized carbons (Fsp3) is 1.00. The van der Waals surface area contributed by atoms with Crippen LogP contribution >= 0.6 is 0 Å². The van der Waals surface area contributed by atoms with Crippen LogP contribution in [0.25, 0.3) is 0 Å². The minimum Gasteiger partial charge on any atom is -0.396 e. The van der Waals surface area contributed by atoms with Crippen LogP contribution in [0.15, 0.2) is 0 Å². The Bertz CT molecular complexity index is 153. The second-order valence-corrected chi connectivity index (χ2v) is 5.00. The maximum atomic E-state index is 8.86. The fourth-order valence-corrected chi connectivity index (χ4v) is 1.75. The minimum atomic E-state index is 0.203. The highest BCUT2D eigenvalue weighted by atomic mass is 16.5. The van der Waals surface area contributed by atoms with Gasteiger partial charge in [0.25, 0.3) is 0 Å². The number of hydrogen-bond acceptors (Lipinski definition) is 3. The van der Waals surface area contributed by atoms with Crippen LogP contribution in [0, 0.1) is 11.3 Å². The smallest absolute Gasteiger partial charge is 0.0507 e. The molecule has 0 spiro atoms. The molecule has 0 aromatic carbocycles. The van der Waals surface area contributed by atoms with Crippen molar-refractivity contribution in [2.75, 3.05) is 32.9 Å². The van der Waals surface area contributed by atoms with Gasteiger partial charge >= 0.3 is 0 Å². The molecule has 3 nitrogen and oxygen atoms in total. The average Bonchev–Trinajstić information content (AvgIpc) is 2.56. The van der Waals surface area contributed by atoms with Crippen LogP contribution < -0.4 is 5.32 Å². The molecule has 1 unspecified atom stereocenters. The molecule has 1 aliphatic rings. The largest absolute Gasteiger partial charge is 0.396 e. The molecule has 0 aliphatic carbocycles. The van der Waals surface area contributed by atoms with Crippen molar-refractivity contribution in [2.45, 2.75) is 26.7 Å². The van der Waals surface area contributed by atoms with Crippen LogP contribution in [-0.4, -0.2) is 38.0 Å². The molecule has 0 bridgehead atoms. The molecule has 1 rings (SSSR count). The molecule has 14 heavy (non-hydrogen) atoms. The molecule has 1 saturated heterocycles. The van der Waals surface area contributed by atoms with Crippen molar-refractivity contribution >= 4 is 0 Å². The fourth-order valence-electron chi connectivity index (χ4n) is 1.75. The van der Waals surface area contributed by atoms with E-state index in [1.807, 2.05) is 0 Å². The van der Waals surface area contributed by atoms with Gasteiger partial charge in [-0.05, 0) is 24.2 Å². The van der Waals surface area contributed by atoms with Crippen molar-refractivity contribution in [3.05, 3.63) is 0 Å². The van der Waals surface area contributed by atoms with Gasteiger partial charge in [0.1, 0.15) is 0 Å². The Labute approximate surface area is 86.8 Å². The number of hydrogen-bond donors (Lipinski definition) is 2. The summed E-state index contributed by atoms with van der Waals surface area (Å²) >= 11 is 0. The van der Waals surface area contributed by atoms with E-state index >= 15 is 0 Å². The van der Waals surface area contributed by atoms with Gasteiger partial charge in [0.05, 0.1) is 6.61 Å². The first-order chi connectivity index (χ1) is 6.64. The van der Waals surface area contributed by atoms with Crippen molar-refractivity contribution in [1.29, 1.82) is 0 Å². The lowest BCUT2D eigenvalue weighted by molar-refractivity contribution is 0.181. The number of aliphatic hydroxyl groups excluding tert-OH is 1. The maximum absolute atomic E-state index is 8.86. The predicted molar refractivity (Wildman–Crippen MR) is 57.3 cm³/mol. The molecule has 1 atom stereocenters. The molecule has 1 aliphatic heterocycles. The van der Waals surface area contributed by atoms with E-state index in [9.17, 15) is 0 Å². The van der Waals surface area contributed by atoms with Gasteiger partial charge in [-0.15, -0.1) is 0 Å². The van der Waals surface area contributed by atoms with Crippen molar-refractivity contribution < 1.29 is 9.84 Å². The second-order valence-electron chi connectivity index (χ2n) is 5.00. The van der Waals surface area contributed by atoms with Crippen LogP contribution in [0.1, 0.15) is 26.7 Å². The monoisotopic (exact) mass is 201 g/mol. The van der Waals surface area contributed by atoms with Gasteiger partial charge < -0.3 is 15.2 Å². The molecule has 0 aromatic heterocycles. The van der Waals surface area contributed by atoms with Gasteiger partial charge in [-0.2, -0.15) is 0 Å². The lowest BCUT2D eigenvalue weighted by Crippen LogP contribution is -2.33.